The van der Waals surface area contributed by atoms with Gasteiger partial charge in [0.1, 0.15) is 0 Å². The van der Waals surface area contributed by atoms with Crippen LogP contribution in [0.4, 0.5) is 0 Å². The normalized spacial score (nSPS) is 10.9. The van der Waals surface area contributed by atoms with Crippen LogP contribution in [-0.4, -0.2) is 10.7 Å². The summed E-state index contributed by atoms with van der Waals surface area (Å²) in [6, 6.07) is 16.5. The van der Waals surface area contributed by atoms with E-state index in [0.29, 0.717) is 5.89 Å². The van der Waals surface area contributed by atoms with E-state index in [1.807, 2.05) is 12.1 Å². The zero-order valence-corrected chi connectivity index (χ0v) is 16.1. The first kappa shape index (κ1) is 16.7. The number of aryl methyl sites for hydroxylation is 1. The zero-order valence-electron chi connectivity index (χ0n) is 12.9. The summed E-state index contributed by atoms with van der Waals surface area (Å²) in [6.07, 6.45) is 0. The SMILES string of the molecule is CCSc1oc(-c2ccc(C)cc2)nc1Sc1ccc(Br)cc1. The average molecular weight is 406 g/mol. The van der Waals surface area contributed by atoms with Gasteiger partial charge in [0.15, 0.2) is 10.1 Å². The first-order valence-corrected chi connectivity index (χ1v) is 9.89. The maximum Gasteiger partial charge on any atom is 0.228 e. The topological polar surface area (TPSA) is 26.0 Å². The second-order valence-electron chi connectivity index (χ2n) is 4.97. The van der Waals surface area contributed by atoms with Crippen LogP contribution in [0.25, 0.3) is 11.5 Å². The van der Waals surface area contributed by atoms with Gasteiger partial charge in [-0.05, 0) is 49.1 Å². The van der Waals surface area contributed by atoms with E-state index < -0.39 is 0 Å². The summed E-state index contributed by atoms with van der Waals surface area (Å²) >= 11 is 6.78. The van der Waals surface area contributed by atoms with E-state index in [0.717, 1.165) is 30.8 Å². The average Bonchev–Trinajstić information content (AvgIpc) is 2.93. The largest absolute Gasteiger partial charge is 0.429 e. The predicted octanol–water partition coefficient (Wildman–Crippen LogP) is 6.68. The van der Waals surface area contributed by atoms with Gasteiger partial charge in [0, 0.05) is 14.9 Å². The van der Waals surface area contributed by atoms with Gasteiger partial charge >= 0.3 is 0 Å². The molecular formula is C18H16BrNOS2. The summed E-state index contributed by atoms with van der Waals surface area (Å²) in [5, 5.41) is 1.81. The van der Waals surface area contributed by atoms with Gasteiger partial charge in [-0.3, -0.25) is 0 Å². The maximum absolute atomic E-state index is 6.00. The molecule has 3 rings (SSSR count). The van der Waals surface area contributed by atoms with Crippen molar-refractivity contribution < 1.29 is 4.42 Å². The number of benzene rings is 2. The van der Waals surface area contributed by atoms with Crippen molar-refractivity contribution in [3.05, 3.63) is 58.6 Å². The minimum absolute atomic E-state index is 0.681. The predicted molar refractivity (Wildman–Crippen MR) is 101 cm³/mol. The van der Waals surface area contributed by atoms with E-state index in [4.69, 9.17) is 9.40 Å². The highest BCUT2D eigenvalue weighted by molar-refractivity contribution is 9.10. The van der Waals surface area contributed by atoms with Crippen LogP contribution < -0.4 is 0 Å². The van der Waals surface area contributed by atoms with Crippen molar-refractivity contribution >= 4 is 39.5 Å². The lowest BCUT2D eigenvalue weighted by molar-refractivity contribution is 0.474. The number of hydrogen-bond acceptors (Lipinski definition) is 4. The molecule has 0 fully saturated rings. The van der Waals surface area contributed by atoms with E-state index >= 15 is 0 Å². The second kappa shape index (κ2) is 7.60. The molecule has 0 spiro atoms. The zero-order chi connectivity index (χ0) is 16.2. The van der Waals surface area contributed by atoms with Gasteiger partial charge in [0.2, 0.25) is 5.89 Å². The number of rotatable bonds is 5. The van der Waals surface area contributed by atoms with Crippen molar-refractivity contribution in [2.24, 2.45) is 0 Å². The molecule has 2 nitrogen and oxygen atoms in total. The van der Waals surface area contributed by atoms with Gasteiger partial charge in [-0.2, -0.15) is 0 Å². The van der Waals surface area contributed by atoms with E-state index in [-0.39, 0.29) is 0 Å². The van der Waals surface area contributed by atoms with Gasteiger partial charge < -0.3 is 4.42 Å². The molecule has 118 valence electrons. The Balaban J connectivity index is 1.92. The Kier molecular flexibility index (Phi) is 5.51. The first-order chi connectivity index (χ1) is 11.2. The Labute approximate surface area is 153 Å². The molecule has 5 heteroatoms. The molecule has 0 aliphatic heterocycles. The van der Waals surface area contributed by atoms with E-state index in [2.05, 4.69) is 66.2 Å². The quantitative estimate of drug-likeness (QED) is 0.442. The van der Waals surface area contributed by atoms with E-state index in [1.165, 1.54) is 5.56 Å². The molecule has 0 aliphatic carbocycles. The van der Waals surface area contributed by atoms with Crippen LogP contribution in [0.1, 0.15) is 12.5 Å². The fourth-order valence-electron chi connectivity index (χ4n) is 2.01. The van der Waals surface area contributed by atoms with Crippen molar-refractivity contribution in [2.75, 3.05) is 5.75 Å². The van der Waals surface area contributed by atoms with Crippen molar-refractivity contribution in [3.63, 3.8) is 0 Å². The summed E-state index contributed by atoms with van der Waals surface area (Å²) < 4.78 is 7.07. The van der Waals surface area contributed by atoms with Crippen molar-refractivity contribution in [2.45, 2.75) is 28.9 Å². The van der Waals surface area contributed by atoms with Gasteiger partial charge in [-0.1, -0.05) is 64.1 Å². The number of oxazole rings is 1. The van der Waals surface area contributed by atoms with Crippen molar-refractivity contribution in [1.29, 1.82) is 0 Å². The smallest absolute Gasteiger partial charge is 0.228 e. The standard InChI is InChI=1S/C18H16BrNOS2/c1-3-22-18-17(23-15-10-8-14(19)9-11-15)20-16(21-18)13-6-4-12(2)5-7-13/h4-11H,3H2,1-2H3. The molecular weight excluding hydrogens is 390 g/mol. The molecule has 0 radical (unpaired) electrons. The Morgan fingerprint density at radius 1 is 1.04 bits per heavy atom. The highest BCUT2D eigenvalue weighted by Crippen LogP contribution is 2.38. The number of nitrogens with zero attached hydrogens (tertiary/aromatic N) is 1. The number of aromatic nitrogens is 1. The van der Waals surface area contributed by atoms with Crippen LogP contribution in [-0.2, 0) is 0 Å². The van der Waals surface area contributed by atoms with Crippen LogP contribution in [0.3, 0.4) is 0 Å². The molecule has 1 aromatic heterocycles. The summed E-state index contributed by atoms with van der Waals surface area (Å²) in [5.74, 6) is 1.64. The molecule has 23 heavy (non-hydrogen) atoms. The molecule has 2 aromatic carbocycles. The number of thioether (sulfide) groups is 1. The fourth-order valence-corrected chi connectivity index (χ4v) is 3.90. The molecule has 0 atom stereocenters. The first-order valence-electron chi connectivity index (χ1n) is 7.30. The summed E-state index contributed by atoms with van der Waals surface area (Å²) in [6.45, 7) is 4.19. The lowest BCUT2D eigenvalue weighted by Crippen LogP contribution is -1.79. The van der Waals surface area contributed by atoms with Crippen molar-refractivity contribution in [1.82, 2.24) is 4.98 Å². The highest BCUT2D eigenvalue weighted by Gasteiger charge is 2.16. The Bertz CT molecular complexity index is 782. The Morgan fingerprint density at radius 2 is 1.74 bits per heavy atom. The number of halogens is 1. The van der Waals surface area contributed by atoms with Gasteiger partial charge in [-0.25, -0.2) is 4.98 Å². The van der Waals surface area contributed by atoms with Gasteiger partial charge in [0.05, 0.1) is 0 Å². The van der Waals surface area contributed by atoms with Gasteiger partial charge in [0.25, 0.3) is 0 Å². The minimum Gasteiger partial charge on any atom is -0.429 e. The van der Waals surface area contributed by atoms with E-state index in [1.54, 1.807) is 23.5 Å². The van der Waals surface area contributed by atoms with Crippen LogP contribution in [0.5, 0.6) is 0 Å². The number of hydrogen-bond donors (Lipinski definition) is 0. The maximum atomic E-state index is 6.00. The highest BCUT2D eigenvalue weighted by atomic mass is 79.9. The third-order valence-corrected chi connectivity index (χ3v) is 5.63. The molecule has 1 heterocycles. The molecule has 0 bridgehead atoms. The van der Waals surface area contributed by atoms with Crippen LogP contribution >= 0.6 is 39.5 Å². The van der Waals surface area contributed by atoms with Crippen molar-refractivity contribution in [3.8, 4) is 11.5 Å². The Morgan fingerprint density at radius 3 is 2.39 bits per heavy atom. The van der Waals surface area contributed by atoms with Crippen LogP contribution in [0.2, 0.25) is 0 Å². The monoisotopic (exact) mass is 405 g/mol. The molecule has 0 saturated carbocycles. The lowest BCUT2D eigenvalue weighted by atomic mass is 10.1. The van der Waals surface area contributed by atoms with Crippen LogP contribution in [0.15, 0.2) is 72.4 Å². The van der Waals surface area contributed by atoms with Crippen LogP contribution in [0, 0.1) is 6.92 Å². The molecule has 0 N–H and O–H groups in total. The third kappa shape index (κ3) is 4.22. The van der Waals surface area contributed by atoms with E-state index in [9.17, 15) is 0 Å². The van der Waals surface area contributed by atoms with Gasteiger partial charge in [-0.15, -0.1) is 0 Å². The minimum atomic E-state index is 0.681. The molecule has 0 aliphatic rings. The summed E-state index contributed by atoms with van der Waals surface area (Å²) in [7, 11) is 0. The third-order valence-electron chi connectivity index (χ3n) is 3.17. The second-order valence-corrected chi connectivity index (χ2v) is 8.18. The molecule has 3 aromatic rings. The summed E-state index contributed by atoms with van der Waals surface area (Å²) in [4.78, 5) is 5.86. The lowest BCUT2D eigenvalue weighted by Gasteiger charge is -1.99. The Hall–Kier alpha value is -1.17. The molecule has 0 unspecified atom stereocenters. The summed E-state index contributed by atoms with van der Waals surface area (Å²) in [5.41, 5.74) is 2.24. The molecule has 0 saturated heterocycles. The fraction of sp³-hybridized carbons (Fsp3) is 0.167. The molecule has 0 amide bonds.